The number of hydrogen-bond acceptors (Lipinski definition) is 15. The number of unbranched alkanes of at least 4 members (excludes halogenated alkanes) is 36. The van der Waals surface area contributed by atoms with Gasteiger partial charge in [-0.15, -0.1) is 0 Å². The normalized spacial score (nSPS) is 14.5. The first-order valence-electron chi connectivity index (χ1n) is 38.2. The van der Waals surface area contributed by atoms with Crippen molar-refractivity contribution in [3.63, 3.8) is 0 Å². The number of esters is 4. The molecule has 6 atom stereocenters. The van der Waals surface area contributed by atoms with Crippen LogP contribution in [-0.2, 0) is 65.4 Å². The van der Waals surface area contributed by atoms with Gasteiger partial charge in [0.1, 0.15) is 19.3 Å². The maximum Gasteiger partial charge on any atom is 0.472 e. The lowest BCUT2D eigenvalue weighted by Crippen LogP contribution is -2.30. The zero-order valence-corrected chi connectivity index (χ0v) is 62.7. The van der Waals surface area contributed by atoms with Crippen LogP contribution in [0.1, 0.15) is 370 Å². The highest BCUT2D eigenvalue weighted by Crippen LogP contribution is 2.45. The van der Waals surface area contributed by atoms with Gasteiger partial charge in [0.2, 0.25) is 0 Å². The molecule has 3 N–H and O–H groups in total. The lowest BCUT2D eigenvalue weighted by molar-refractivity contribution is -0.161. The van der Waals surface area contributed by atoms with E-state index in [0.29, 0.717) is 25.7 Å². The second-order valence-electron chi connectivity index (χ2n) is 28.4. The van der Waals surface area contributed by atoms with Gasteiger partial charge < -0.3 is 33.8 Å². The molecule has 0 aliphatic rings. The fraction of sp³-hybridized carbons (Fsp3) is 0.946. The number of carbonyl (C=O) groups is 4. The van der Waals surface area contributed by atoms with Gasteiger partial charge in [0.25, 0.3) is 0 Å². The third-order valence-corrected chi connectivity index (χ3v) is 19.3. The van der Waals surface area contributed by atoms with Gasteiger partial charge in [-0.3, -0.25) is 37.3 Å². The van der Waals surface area contributed by atoms with E-state index in [1.165, 1.54) is 173 Å². The lowest BCUT2D eigenvalue weighted by atomic mass is 9.99. The molecule has 4 unspecified atom stereocenters. The summed E-state index contributed by atoms with van der Waals surface area (Å²) in [5.74, 6) is 0.936. The second kappa shape index (κ2) is 63.5. The van der Waals surface area contributed by atoms with Gasteiger partial charge in [-0.1, -0.05) is 319 Å². The number of aliphatic hydroxyl groups is 1. The summed E-state index contributed by atoms with van der Waals surface area (Å²) < 4.78 is 68.5. The fourth-order valence-electron chi connectivity index (χ4n) is 11.2. The van der Waals surface area contributed by atoms with E-state index >= 15 is 0 Å². The maximum absolute atomic E-state index is 13.1. The minimum absolute atomic E-state index is 0.105. The quantitative estimate of drug-likeness (QED) is 0.0222. The number of carbonyl (C=O) groups excluding carboxylic acids is 4. The molecular formula is C74H144O17P2. The first kappa shape index (κ1) is 91.1. The third-order valence-electron chi connectivity index (χ3n) is 17.4. The topological polar surface area (TPSA) is 237 Å². The highest BCUT2D eigenvalue weighted by molar-refractivity contribution is 7.47. The molecule has 0 bridgehead atoms. The fourth-order valence-corrected chi connectivity index (χ4v) is 12.7. The van der Waals surface area contributed by atoms with Gasteiger partial charge >= 0.3 is 39.5 Å². The Morgan fingerprint density at radius 1 is 0.301 bits per heavy atom. The summed E-state index contributed by atoms with van der Waals surface area (Å²) in [5, 5.41) is 10.6. The van der Waals surface area contributed by atoms with Gasteiger partial charge in [-0.05, 0) is 49.4 Å². The Bertz CT molecular complexity index is 1840. The molecule has 0 saturated heterocycles. The predicted octanol–water partition coefficient (Wildman–Crippen LogP) is 21.3. The van der Waals surface area contributed by atoms with E-state index < -0.39 is 97.5 Å². The van der Waals surface area contributed by atoms with Gasteiger partial charge in [0.15, 0.2) is 12.2 Å². The number of ether oxygens (including phenoxy) is 4. The Balaban J connectivity index is 5.27. The SMILES string of the molecule is CCC(C)CCCCCCCCCCCCC(=O)O[C@H](COC(=O)CCCCCCCCCCC(C)C)COP(=O)(O)OCC(O)COP(=O)(O)OC[C@@H](COC(=O)CCCCCCCCCCCC(C)C)OC(=O)CCCCCCCCCCCCCCCC(C)C. The molecule has 0 heterocycles. The van der Waals surface area contributed by atoms with Crippen LogP contribution in [0.2, 0.25) is 0 Å². The molecular weight excluding hydrogens is 1220 g/mol. The third kappa shape index (κ3) is 67.0. The van der Waals surface area contributed by atoms with Crippen molar-refractivity contribution in [1.82, 2.24) is 0 Å². The Kier molecular flexibility index (Phi) is 62.2. The summed E-state index contributed by atoms with van der Waals surface area (Å²) in [7, 11) is -9.91. The summed E-state index contributed by atoms with van der Waals surface area (Å²) in [6.45, 7) is 14.2. The first-order chi connectivity index (χ1) is 44.6. The molecule has 0 aromatic heterocycles. The molecule has 17 nitrogen and oxygen atoms in total. The minimum atomic E-state index is -4.96. The average molecular weight is 1370 g/mol. The molecule has 19 heteroatoms. The van der Waals surface area contributed by atoms with E-state index in [-0.39, 0.29) is 25.7 Å². The molecule has 0 aromatic carbocycles. The van der Waals surface area contributed by atoms with E-state index in [0.717, 1.165) is 114 Å². The van der Waals surface area contributed by atoms with Crippen molar-refractivity contribution in [2.75, 3.05) is 39.6 Å². The minimum Gasteiger partial charge on any atom is -0.462 e. The number of hydrogen-bond donors (Lipinski definition) is 3. The first-order valence-corrected chi connectivity index (χ1v) is 41.2. The molecule has 0 aliphatic carbocycles. The molecule has 93 heavy (non-hydrogen) atoms. The second-order valence-corrected chi connectivity index (χ2v) is 31.3. The highest BCUT2D eigenvalue weighted by Gasteiger charge is 2.30. The number of aliphatic hydroxyl groups excluding tert-OH is 1. The van der Waals surface area contributed by atoms with E-state index in [1.54, 1.807) is 0 Å². The Morgan fingerprint density at radius 3 is 0.763 bits per heavy atom. The summed E-state index contributed by atoms with van der Waals surface area (Å²) in [6.07, 6.45) is 47.1. The van der Waals surface area contributed by atoms with E-state index in [2.05, 4.69) is 55.4 Å². The number of rotatable bonds is 71. The molecule has 0 saturated carbocycles. The van der Waals surface area contributed by atoms with Crippen LogP contribution in [0.4, 0.5) is 0 Å². The standard InChI is InChI=1S/C74H144O17P2/c1-9-67(8)53-45-37-29-20-15-16-22-33-41-49-57-74(79)91-70(61-85-72(77)55-47-39-31-25-24-28-36-44-52-66(6)7)63-89-93(82,83)87-59-68(75)58-86-92(80,81)88-62-69(60-84-71(76)54-46-38-30-23-17-19-27-35-43-51-65(4)5)90-73(78)56-48-40-32-21-14-12-10-11-13-18-26-34-42-50-64(2)3/h64-70,75H,9-63H2,1-8H3,(H,80,81)(H,82,83)/t67?,68?,69-,70-/m1/s1. The molecule has 0 amide bonds. The Labute approximate surface area is 568 Å². The summed E-state index contributed by atoms with van der Waals surface area (Å²) in [5.41, 5.74) is 0. The summed E-state index contributed by atoms with van der Waals surface area (Å²) in [4.78, 5) is 72.7. The van der Waals surface area contributed by atoms with Crippen molar-refractivity contribution in [1.29, 1.82) is 0 Å². The molecule has 0 fully saturated rings. The average Bonchev–Trinajstić information content (AvgIpc) is 2.88. The number of phosphoric acid groups is 2. The zero-order chi connectivity index (χ0) is 68.9. The van der Waals surface area contributed by atoms with Crippen LogP contribution in [0.25, 0.3) is 0 Å². The van der Waals surface area contributed by atoms with Crippen LogP contribution >= 0.6 is 15.6 Å². The van der Waals surface area contributed by atoms with Crippen LogP contribution in [-0.4, -0.2) is 96.7 Å². The number of phosphoric ester groups is 2. The monoisotopic (exact) mass is 1370 g/mol. The zero-order valence-electron chi connectivity index (χ0n) is 60.9. The van der Waals surface area contributed by atoms with Crippen LogP contribution in [0.15, 0.2) is 0 Å². The smallest absolute Gasteiger partial charge is 0.462 e. The van der Waals surface area contributed by atoms with Crippen LogP contribution in [0.5, 0.6) is 0 Å². The van der Waals surface area contributed by atoms with E-state index in [4.69, 9.17) is 37.0 Å². The van der Waals surface area contributed by atoms with E-state index in [1.807, 2.05) is 0 Å². The van der Waals surface area contributed by atoms with Gasteiger partial charge in [-0.25, -0.2) is 9.13 Å². The van der Waals surface area contributed by atoms with Crippen LogP contribution in [0, 0.1) is 23.7 Å². The summed E-state index contributed by atoms with van der Waals surface area (Å²) >= 11 is 0. The summed E-state index contributed by atoms with van der Waals surface area (Å²) in [6, 6.07) is 0. The molecule has 0 rings (SSSR count). The van der Waals surface area contributed by atoms with Crippen molar-refractivity contribution in [2.45, 2.75) is 388 Å². The molecule has 0 aromatic rings. The molecule has 0 radical (unpaired) electrons. The molecule has 552 valence electrons. The highest BCUT2D eigenvalue weighted by atomic mass is 31.2. The van der Waals surface area contributed by atoms with Gasteiger partial charge in [0, 0.05) is 25.7 Å². The van der Waals surface area contributed by atoms with Crippen molar-refractivity contribution in [3.05, 3.63) is 0 Å². The van der Waals surface area contributed by atoms with E-state index in [9.17, 15) is 43.2 Å². The van der Waals surface area contributed by atoms with Crippen molar-refractivity contribution in [2.24, 2.45) is 23.7 Å². The largest absolute Gasteiger partial charge is 0.472 e. The van der Waals surface area contributed by atoms with Crippen LogP contribution < -0.4 is 0 Å². The van der Waals surface area contributed by atoms with Crippen molar-refractivity contribution < 1.29 is 80.2 Å². The Hall–Kier alpha value is -1.94. The molecule has 0 aliphatic heterocycles. The van der Waals surface area contributed by atoms with Crippen LogP contribution in [0.3, 0.4) is 0 Å². The van der Waals surface area contributed by atoms with Gasteiger partial charge in [-0.2, -0.15) is 0 Å². The van der Waals surface area contributed by atoms with Gasteiger partial charge in [0.05, 0.1) is 26.4 Å². The lowest BCUT2D eigenvalue weighted by Gasteiger charge is -2.21. The maximum atomic E-state index is 13.1. The molecule has 0 spiro atoms. The Morgan fingerprint density at radius 2 is 0.516 bits per heavy atom. The predicted molar refractivity (Wildman–Crippen MR) is 377 cm³/mol. The van der Waals surface area contributed by atoms with Crippen molar-refractivity contribution >= 4 is 39.5 Å². The van der Waals surface area contributed by atoms with Crippen molar-refractivity contribution in [3.8, 4) is 0 Å².